The molecule has 0 saturated carbocycles. The van der Waals surface area contributed by atoms with Crippen LogP contribution in [0.4, 0.5) is 0 Å². The van der Waals surface area contributed by atoms with Gasteiger partial charge in [0, 0.05) is 17.5 Å². The number of nitrogens with zero attached hydrogens (tertiary/aromatic N) is 1. The van der Waals surface area contributed by atoms with Crippen LogP contribution in [0.2, 0.25) is 4.34 Å². The Morgan fingerprint density at radius 1 is 1.63 bits per heavy atom. The molecule has 1 saturated heterocycles. The molecule has 0 aliphatic carbocycles. The summed E-state index contributed by atoms with van der Waals surface area (Å²) in [6, 6.07) is 3.16. The van der Waals surface area contributed by atoms with Crippen molar-refractivity contribution < 1.29 is 9.53 Å². The van der Waals surface area contributed by atoms with Crippen LogP contribution in [0.1, 0.15) is 17.8 Å². The topological polar surface area (TPSA) is 81.6 Å². The average molecular weight is 304 g/mol. The Bertz CT molecular complexity index is 452. The summed E-state index contributed by atoms with van der Waals surface area (Å²) in [6.07, 6.45) is 0. The fourth-order valence-corrected chi connectivity index (χ4v) is 3.71. The average Bonchev–Trinajstić information content (AvgIpc) is 2.76. The smallest absolute Gasteiger partial charge is 0.237 e. The van der Waals surface area contributed by atoms with E-state index >= 15 is 0 Å². The van der Waals surface area contributed by atoms with Crippen LogP contribution in [0.5, 0.6) is 0 Å². The molecular formula is C12H18ClN3O2S. The van der Waals surface area contributed by atoms with Crippen molar-refractivity contribution in [2.24, 2.45) is 11.5 Å². The molecule has 19 heavy (non-hydrogen) atoms. The largest absolute Gasteiger partial charge is 0.378 e. The van der Waals surface area contributed by atoms with E-state index in [0.29, 0.717) is 24.1 Å². The molecule has 2 heterocycles. The summed E-state index contributed by atoms with van der Waals surface area (Å²) in [5, 5.41) is 0. The van der Waals surface area contributed by atoms with Gasteiger partial charge < -0.3 is 16.2 Å². The molecule has 1 fully saturated rings. The minimum absolute atomic E-state index is 0.0705. The number of hydrogen-bond donors (Lipinski definition) is 2. The molecule has 0 aromatic carbocycles. The molecule has 5 nitrogen and oxygen atoms in total. The van der Waals surface area contributed by atoms with Crippen molar-refractivity contribution in [2.45, 2.75) is 25.0 Å². The Morgan fingerprint density at radius 2 is 2.37 bits per heavy atom. The van der Waals surface area contributed by atoms with E-state index in [1.807, 2.05) is 24.0 Å². The maximum Gasteiger partial charge on any atom is 0.237 e. The lowest BCUT2D eigenvalue weighted by Gasteiger charge is -2.40. The van der Waals surface area contributed by atoms with Gasteiger partial charge in [-0.2, -0.15) is 0 Å². The second-order valence-electron chi connectivity index (χ2n) is 4.68. The normalized spacial score (nSPS) is 24.1. The SMILES string of the molecule is CC(N)C(c1ccc(Cl)s1)N1CCOCC1C(N)=O. The summed E-state index contributed by atoms with van der Waals surface area (Å²) in [4.78, 5) is 14.6. The molecule has 2 rings (SSSR count). The van der Waals surface area contributed by atoms with E-state index in [1.54, 1.807) is 0 Å². The first-order valence-corrected chi connectivity index (χ1v) is 7.33. The number of thiophene rings is 1. The fourth-order valence-electron chi connectivity index (χ4n) is 2.41. The lowest BCUT2D eigenvalue weighted by molar-refractivity contribution is -0.131. The molecule has 7 heteroatoms. The molecular weight excluding hydrogens is 286 g/mol. The Kier molecular flexibility index (Phi) is 4.81. The molecule has 1 aromatic heterocycles. The van der Waals surface area contributed by atoms with Crippen LogP contribution in [-0.4, -0.2) is 42.6 Å². The molecule has 1 aromatic rings. The van der Waals surface area contributed by atoms with Crippen molar-refractivity contribution in [3.05, 3.63) is 21.3 Å². The fraction of sp³-hybridized carbons (Fsp3) is 0.583. The second-order valence-corrected chi connectivity index (χ2v) is 6.42. The van der Waals surface area contributed by atoms with Gasteiger partial charge in [-0.25, -0.2) is 0 Å². The standard InChI is InChI=1S/C12H18ClN3O2S/c1-7(14)11(9-2-3-10(13)19-9)16-4-5-18-6-8(16)12(15)17/h2-3,7-8,11H,4-6,14H2,1H3,(H2,15,17). The zero-order valence-electron chi connectivity index (χ0n) is 10.7. The molecule has 4 N–H and O–H groups in total. The van der Waals surface area contributed by atoms with E-state index in [4.69, 9.17) is 27.8 Å². The quantitative estimate of drug-likeness (QED) is 0.868. The number of carbonyl (C=O) groups excluding carboxylic acids is 1. The zero-order chi connectivity index (χ0) is 14.0. The molecule has 1 amide bonds. The maximum atomic E-state index is 11.6. The number of ether oxygens (including phenoxy) is 1. The molecule has 0 bridgehead atoms. The minimum atomic E-state index is -0.439. The first-order valence-electron chi connectivity index (χ1n) is 6.14. The van der Waals surface area contributed by atoms with Gasteiger partial charge in [-0.1, -0.05) is 11.6 Å². The van der Waals surface area contributed by atoms with Gasteiger partial charge in [0.15, 0.2) is 0 Å². The zero-order valence-corrected chi connectivity index (χ0v) is 12.3. The summed E-state index contributed by atoms with van der Waals surface area (Å²) in [7, 11) is 0. The third-order valence-corrected chi connectivity index (χ3v) is 4.54. The first kappa shape index (κ1) is 14.7. The molecule has 0 radical (unpaired) electrons. The van der Waals surface area contributed by atoms with E-state index in [2.05, 4.69) is 0 Å². The van der Waals surface area contributed by atoms with E-state index in [1.165, 1.54) is 11.3 Å². The molecule has 1 aliphatic rings. The van der Waals surface area contributed by atoms with E-state index in [9.17, 15) is 4.79 Å². The third-order valence-electron chi connectivity index (χ3n) is 3.24. The van der Waals surface area contributed by atoms with Crippen LogP contribution >= 0.6 is 22.9 Å². The van der Waals surface area contributed by atoms with Crippen molar-refractivity contribution in [3.63, 3.8) is 0 Å². The predicted molar refractivity (Wildman–Crippen MR) is 76.2 cm³/mol. The van der Waals surface area contributed by atoms with Gasteiger partial charge in [0.1, 0.15) is 6.04 Å². The second kappa shape index (κ2) is 6.19. The molecule has 106 valence electrons. The summed E-state index contributed by atoms with van der Waals surface area (Å²) < 4.78 is 6.05. The van der Waals surface area contributed by atoms with Gasteiger partial charge >= 0.3 is 0 Å². The van der Waals surface area contributed by atoms with Gasteiger partial charge in [0.2, 0.25) is 5.91 Å². The lowest BCUT2D eigenvalue weighted by Crippen LogP contribution is -2.56. The van der Waals surface area contributed by atoms with Crippen LogP contribution in [0.25, 0.3) is 0 Å². The predicted octanol–water partition coefficient (Wildman–Crippen LogP) is 0.976. The highest BCUT2D eigenvalue weighted by Gasteiger charge is 2.36. The molecule has 0 spiro atoms. The van der Waals surface area contributed by atoms with Crippen LogP contribution in [0.15, 0.2) is 12.1 Å². The van der Waals surface area contributed by atoms with Crippen molar-refractivity contribution >= 4 is 28.8 Å². The van der Waals surface area contributed by atoms with Gasteiger partial charge in [0.05, 0.1) is 23.6 Å². The first-order chi connectivity index (χ1) is 9.00. The monoisotopic (exact) mass is 303 g/mol. The van der Waals surface area contributed by atoms with Crippen molar-refractivity contribution in [2.75, 3.05) is 19.8 Å². The number of primary amides is 1. The maximum absolute atomic E-state index is 11.6. The Balaban J connectivity index is 2.29. The third kappa shape index (κ3) is 3.27. The Morgan fingerprint density at radius 3 is 2.89 bits per heavy atom. The van der Waals surface area contributed by atoms with Crippen molar-refractivity contribution in [1.29, 1.82) is 0 Å². The molecule has 3 atom stereocenters. The van der Waals surface area contributed by atoms with Gasteiger partial charge in [-0.15, -0.1) is 11.3 Å². The Hall–Kier alpha value is -0.660. The number of hydrogen-bond acceptors (Lipinski definition) is 5. The van der Waals surface area contributed by atoms with Crippen LogP contribution in [0, 0.1) is 0 Å². The van der Waals surface area contributed by atoms with E-state index < -0.39 is 6.04 Å². The van der Waals surface area contributed by atoms with Crippen molar-refractivity contribution in [3.8, 4) is 0 Å². The highest BCUT2D eigenvalue weighted by Crippen LogP contribution is 2.34. The number of morpholine rings is 1. The van der Waals surface area contributed by atoms with Crippen LogP contribution in [0.3, 0.4) is 0 Å². The highest BCUT2D eigenvalue weighted by molar-refractivity contribution is 7.16. The number of halogens is 1. The minimum Gasteiger partial charge on any atom is -0.378 e. The number of amides is 1. The van der Waals surface area contributed by atoms with Gasteiger partial charge in [-0.3, -0.25) is 9.69 Å². The number of nitrogens with two attached hydrogens (primary N) is 2. The number of carbonyl (C=O) groups is 1. The summed E-state index contributed by atoms with van der Waals surface area (Å²) in [6.45, 7) is 3.45. The highest BCUT2D eigenvalue weighted by atomic mass is 35.5. The van der Waals surface area contributed by atoms with Gasteiger partial charge in [-0.05, 0) is 19.1 Å². The van der Waals surface area contributed by atoms with E-state index in [-0.39, 0.29) is 18.0 Å². The summed E-state index contributed by atoms with van der Waals surface area (Å²) in [5.41, 5.74) is 11.6. The molecule has 1 aliphatic heterocycles. The lowest BCUT2D eigenvalue weighted by atomic mass is 10.0. The Labute approximate surface area is 121 Å². The van der Waals surface area contributed by atoms with Crippen molar-refractivity contribution in [1.82, 2.24) is 4.90 Å². The van der Waals surface area contributed by atoms with Gasteiger partial charge in [0.25, 0.3) is 0 Å². The van der Waals surface area contributed by atoms with E-state index in [0.717, 1.165) is 4.88 Å². The molecule has 3 unspecified atom stereocenters. The van der Waals surface area contributed by atoms with Crippen LogP contribution in [-0.2, 0) is 9.53 Å². The summed E-state index contributed by atoms with van der Waals surface area (Å²) >= 11 is 7.47. The summed E-state index contributed by atoms with van der Waals surface area (Å²) in [5.74, 6) is -0.381. The van der Waals surface area contributed by atoms with Crippen LogP contribution < -0.4 is 11.5 Å². The number of rotatable bonds is 4.